The molecule has 0 spiro atoms. The van der Waals surface area contributed by atoms with E-state index in [0.717, 1.165) is 12.0 Å². The molecule has 110 valence electrons. The Hall–Kier alpha value is -0.350. The van der Waals surface area contributed by atoms with Crippen LogP contribution in [0, 0.1) is 18.7 Å². The monoisotopic (exact) mass is 309 g/mol. The first-order valence-corrected chi connectivity index (χ1v) is 6.60. The Labute approximate surface area is 125 Å². The van der Waals surface area contributed by atoms with Crippen molar-refractivity contribution in [2.45, 2.75) is 45.8 Å². The number of aliphatic hydroxyl groups excluding tert-OH is 1. The van der Waals surface area contributed by atoms with Gasteiger partial charge in [-0.15, -0.1) is 12.4 Å². The molecule has 2 nitrogen and oxygen atoms in total. The molecule has 19 heavy (non-hydrogen) atoms. The van der Waals surface area contributed by atoms with Gasteiger partial charge in [0.2, 0.25) is 0 Å². The summed E-state index contributed by atoms with van der Waals surface area (Å²) in [4.78, 5) is 0. The largest absolute Gasteiger partial charge is 0.391 e. The summed E-state index contributed by atoms with van der Waals surface area (Å²) in [6, 6.07) is 2.16. The van der Waals surface area contributed by atoms with Gasteiger partial charge in [-0.05, 0) is 37.3 Å². The SMILES string of the molecule is Cc1ccc(F)c([C@H](N)[C@H](O)CCC(C)C)c1Cl.Cl. The van der Waals surface area contributed by atoms with Crippen LogP contribution in [0.3, 0.4) is 0 Å². The Morgan fingerprint density at radius 3 is 2.42 bits per heavy atom. The lowest BCUT2D eigenvalue weighted by atomic mass is 9.94. The molecule has 0 aliphatic carbocycles. The second-order valence-corrected chi connectivity index (χ2v) is 5.53. The van der Waals surface area contributed by atoms with E-state index in [1.165, 1.54) is 6.07 Å². The lowest BCUT2D eigenvalue weighted by Crippen LogP contribution is -2.28. The zero-order valence-electron chi connectivity index (χ0n) is 11.5. The lowest BCUT2D eigenvalue weighted by Gasteiger charge is -2.22. The van der Waals surface area contributed by atoms with Gasteiger partial charge in [-0.25, -0.2) is 4.39 Å². The summed E-state index contributed by atoms with van der Waals surface area (Å²) < 4.78 is 13.8. The van der Waals surface area contributed by atoms with Crippen molar-refractivity contribution in [3.05, 3.63) is 34.1 Å². The van der Waals surface area contributed by atoms with Crippen molar-refractivity contribution in [2.75, 3.05) is 0 Å². The molecule has 0 saturated heterocycles. The minimum absolute atomic E-state index is 0. The third-order valence-electron chi connectivity index (χ3n) is 3.11. The summed E-state index contributed by atoms with van der Waals surface area (Å²) >= 11 is 6.07. The highest BCUT2D eigenvalue weighted by Gasteiger charge is 2.23. The van der Waals surface area contributed by atoms with E-state index in [0.29, 0.717) is 17.4 Å². The zero-order valence-corrected chi connectivity index (χ0v) is 13.1. The van der Waals surface area contributed by atoms with E-state index < -0.39 is 18.0 Å². The summed E-state index contributed by atoms with van der Waals surface area (Å²) in [5.74, 6) is 0.0198. The minimum Gasteiger partial charge on any atom is -0.391 e. The van der Waals surface area contributed by atoms with Gasteiger partial charge in [0.1, 0.15) is 5.82 Å². The molecule has 5 heteroatoms. The van der Waals surface area contributed by atoms with E-state index in [9.17, 15) is 9.50 Å². The van der Waals surface area contributed by atoms with Gasteiger partial charge in [0.15, 0.2) is 0 Å². The molecule has 0 unspecified atom stereocenters. The predicted octanol–water partition coefficient (Wildman–Crippen LogP) is 4.01. The molecule has 0 aromatic heterocycles. The number of hydrogen-bond donors (Lipinski definition) is 2. The average Bonchev–Trinajstić information content (AvgIpc) is 2.31. The number of halogens is 3. The molecule has 0 amide bonds. The van der Waals surface area contributed by atoms with Gasteiger partial charge in [-0.1, -0.05) is 31.5 Å². The van der Waals surface area contributed by atoms with Crippen molar-refractivity contribution < 1.29 is 9.50 Å². The van der Waals surface area contributed by atoms with Gasteiger partial charge in [0, 0.05) is 5.56 Å². The lowest BCUT2D eigenvalue weighted by molar-refractivity contribution is 0.127. The van der Waals surface area contributed by atoms with Gasteiger partial charge < -0.3 is 10.8 Å². The normalized spacial score (nSPS) is 14.1. The highest BCUT2D eigenvalue weighted by molar-refractivity contribution is 6.32. The molecule has 2 atom stereocenters. The third kappa shape index (κ3) is 4.92. The van der Waals surface area contributed by atoms with E-state index in [4.69, 9.17) is 17.3 Å². The highest BCUT2D eigenvalue weighted by Crippen LogP contribution is 2.30. The van der Waals surface area contributed by atoms with Crippen molar-refractivity contribution in [1.82, 2.24) is 0 Å². The molecule has 0 aliphatic rings. The van der Waals surface area contributed by atoms with Gasteiger partial charge in [0.25, 0.3) is 0 Å². The molecule has 1 aromatic carbocycles. The predicted molar refractivity (Wildman–Crippen MR) is 80.4 cm³/mol. The second-order valence-electron chi connectivity index (χ2n) is 5.16. The van der Waals surface area contributed by atoms with Crippen molar-refractivity contribution in [3.8, 4) is 0 Å². The summed E-state index contributed by atoms with van der Waals surface area (Å²) in [5.41, 5.74) is 6.90. The number of nitrogens with two attached hydrogens (primary N) is 1. The number of benzene rings is 1. The molecule has 0 aliphatic heterocycles. The molecule has 3 N–H and O–H groups in total. The van der Waals surface area contributed by atoms with Gasteiger partial charge in [-0.2, -0.15) is 0 Å². The smallest absolute Gasteiger partial charge is 0.129 e. The first kappa shape index (κ1) is 18.7. The molecular weight excluding hydrogens is 288 g/mol. The quantitative estimate of drug-likeness (QED) is 0.863. The molecule has 0 heterocycles. The fraction of sp³-hybridized carbons (Fsp3) is 0.571. The first-order chi connectivity index (χ1) is 8.34. The summed E-state index contributed by atoms with van der Waals surface area (Å²) in [7, 11) is 0. The van der Waals surface area contributed by atoms with Crippen LogP contribution in [-0.2, 0) is 0 Å². The zero-order chi connectivity index (χ0) is 13.9. The Bertz CT molecular complexity index is 413. The van der Waals surface area contributed by atoms with Crippen LogP contribution >= 0.6 is 24.0 Å². The van der Waals surface area contributed by atoms with E-state index >= 15 is 0 Å². The summed E-state index contributed by atoms with van der Waals surface area (Å²) in [6.45, 7) is 5.93. The molecule has 0 fully saturated rings. The van der Waals surface area contributed by atoms with Crippen LogP contribution < -0.4 is 5.73 Å². The van der Waals surface area contributed by atoms with E-state index in [-0.39, 0.29) is 18.0 Å². The van der Waals surface area contributed by atoms with Gasteiger partial charge in [0.05, 0.1) is 17.2 Å². The molecule has 1 rings (SSSR count). The van der Waals surface area contributed by atoms with Crippen LogP contribution in [0.1, 0.15) is 43.9 Å². The molecule has 0 saturated carbocycles. The number of rotatable bonds is 5. The van der Waals surface area contributed by atoms with Crippen LogP contribution in [-0.4, -0.2) is 11.2 Å². The topological polar surface area (TPSA) is 46.2 Å². The van der Waals surface area contributed by atoms with Crippen LogP contribution in [0.25, 0.3) is 0 Å². The summed E-state index contributed by atoms with van der Waals surface area (Å²) in [6.07, 6.45) is 0.615. The van der Waals surface area contributed by atoms with Crippen LogP contribution in [0.15, 0.2) is 12.1 Å². The van der Waals surface area contributed by atoms with E-state index in [1.807, 2.05) is 0 Å². The molecule has 1 aromatic rings. The molecule has 0 bridgehead atoms. The minimum atomic E-state index is -0.781. The molecule has 0 radical (unpaired) electrons. The number of hydrogen-bond acceptors (Lipinski definition) is 2. The van der Waals surface area contributed by atoms with Crippen molar-refractivity contribution in [3.63, 3.8) is 0 Å². The average molecular weight is 310 g/mol. The van der Waals surface area contributed by atoms with Crippen LogP contribution in [0.2, 0.25) is 5.02 Å². The highest BCUT2D eigenvalue weighted by atomic mass is 35.5. The fourth-order valence-electron chi connectivity index (χ4n) is 1.86. The Kier molecular flexibility index (Phi) is 7.90. The van der Waals surface area contributed by atoms with Crippen molar-refractivity contribution in [1.29, 1.82) is 0 Å². The maximum Gasteiger partial charge on any atom is 0.129 e. The standard InChI is InChI=1S/C14H21ClFNO.ClH/c1-8(2)4-7-11(18)14(17)12-10(16)6-5-9(3)13(12)15;/h5-6,8,11,14,18H,4,7,17H2,1-3H3;1H/t11-,14-;/m1./s1. The fourth-order valence-corrected chi connectivity index (χ4v) is 2.14. The Balaban J connectivity index is 0.00000324. The van der Waals surface area contributed by atoms with E-state index in [1.54, 1.807) is 13.0 Å². The number of aliphatic hydroxyl groups is 1. The third-order valence-corrected chi connectivity index (χ3v) is 3.61. The summed E-state index contributed by atoms with van der Waals surface area (Å²) in [5, 5.41) is 10.3. The van der Waals surface area contributed by atoms with Gasteiger partial charge in [-0.3, -0.25) is 0 Å². The van der Waals surface area contributed by atoms with Crippen LogP contribution in [0.4, 0.5) is 4.39 Å². The Morgan fingerprint density at radius 1 is 1.32 bits per heavy atom. The number of aryl methyl sites for hydroxylation is 1. The van der Waals surface area contributed by atoms with Crippen molar-refractivity contribution >= 4 is 24.0 Å². The van der Waals surface area contributed by atoms with E-state index in [2.05, 4.69) is 13.8 Å². The van der Waals surface area contributed by atoms with Gasteiger partial charge >= 0.3 is 0 Å². The first-order valence-electron chi connectivity index (χ1n) is 6.22. The molecular formula is C14H22Cl2FNO. The Morgan fingerprint density at radius 2 is 1.89 bits per heavy atom. The van der Waals surface area contributed by atoms with Crippen molar-refractivity contribution in [2.24, 2.45) is 11.7 Å². The maximum absolute atomic E-state index is 13.8. The van der Waals surface area contributed by atoms with Crippen LogP contribution in [0.5, 0.6) is 0 Å². The second kappa shape index (κ2) is 8.05. The maximum atomic E-state index is 13.8.